The highest BCUT2D eigenvalue weighted by Gasteiger charge is 2.30. The third-order valence-corrected chi connectivity index (χ3v) is 8.15. The maximum absolute atomic E-state index is 11.3. The molecule has 1 aromatic heterocycles. The van der Waals surface area contributed by atoms with Crippen molar-refractivity contribution in [2.45, 2.75) is 38.2 Å². The van der Waals surface area contributed by atoms with Gasteiger partial charge in [0.2, 0.25) is 0 Å². The van der Waals surface area contributed by atoms with Crippen LogP contribution in [0.15, 0.2) is 48.7 Å². The number of aromatic nitrogens is 1. The third-order valence-electron chi connectivity index (χ3n) is 7.33. The normalized spacial score (nSPS) is 18.5. The minimum atomic E-state index is -0.784. The Labute approximate surface area is 233 Å². The van der Waals surface area contributed by atoms with Gasteiger partial charge in [-0.2, -0.15) is 0 Å². The summed E-state index contributed by atoms with van der Waals surface area (Å²) in [6.45, 7) is 2.23. The second-order valence-electron chi connectivity index (χ2n) is 9.76. The second-order valence-corrected chi connectivity index (χ2v) is 10.5. The second kappa shape index (κ2) is 13.3. The average Bonchev–Trinajstić information content (AvgIpc) is 2.92. The number of halogens is 2. The summed E-state index contributed by atoms with van der Waals surface area (Å²) < 4.78 is 5.36. The number of ether oxygens (including phenoxy) is 1. The lowest BCUT2D eigenvalue weighted by Crippen LogP contribution is -2.41. The third kappa shape index (κ3) is 7.18. The van der Waals surface area contributed by atoms with E-state index in [1.165, 1.54) is 0 Å². The molecule has 4 rings (SSSR count). The number of piperidine rings is 1. The van der Waals surface area contributed by atoms with Crippen LogP contribution in [0.5, 0.6) is 5.75 Å². The molecule has 1 saturated heterocycles. The number of hydrogen-bond acceptors (Lipinski definition) is 5. The van der Waals surface area contributed by atoms with E-state index in [-0.39, 0.29) is 12.3 Å². The smallest absolute Gasteiger partial charge is 0.303 e. The number of rotatable bonds is 9. The topological polar surface area (TPSA) is 82.9 Å². The number of nitrogens with zero attached hydrogens (tertiary/aromatic N) is 2. The number of aliphatic hydroxyl groups excluding tert-OH is 1. The van der Waals surface area contributed by atoms with Crippen molar-refractivity contribution in [1.82, 2.24) is 9.88 Å². The van der Waals surface area contributed by atoms with E-state index in [1.807, 2.05) is 36.4 Å². The summed E-state index contributed by atoms with van der Waals surface area (Å²) in [5.41, 5.74) is 2.35. The van der Waals surface area contributed by atoms with Crippen molar-refractivity contribution in [2.24, 2.45) is 11.8 Å². The maximum atomic E-state index is 11.3. The minimum Gasteiger partial charge on any atom is -0.497 e. The Kier molecular flexibility index (Phi) is 9.87. The van der Waals surface area contributed by atoms with Gasteiger partial charge in [0.25, 0.3) is 0 Å². The monoisotopic (exact) mass is 554 g/mol. The maximum Gasteiger partial charge on any atom is 0.303 e. The summed E-state index contributed by atoms with van der Waals surface area (Å²) in [5, 5.41) is 22.3. The van der Waals surface area contributed by atoms with Crippen LogP contribution in [0.2, 0.25) is 10.0 Å². The van der Waals surface area contributed by atoms with E-state index in [4.69, 9.17) is 27.9 Å². The van der Waals surface area contributed by atoms with Crippen LogP contribution < -0.4 is 4.74 Å². The first kappa shape index (κ1) is 28.2. The molecule has 0 aliphatic carbocycles. The fraction of sp³-hybridized carbons (Fsp3) is 0.400. The SMILES string of the molecule is COc1ccc2nccc([C@H](O)CC[C@@H]3CCN(CC#Cc4cccc(Cl)c4Cl)C[C@H]3CCC(=O)O)c2c1. The van der Waals surface area contributed by atoms with Gasteiger partial charge in [0, 0.05) is 30.1 Å². The lowest BCUT2D eigenvalue weighted by atomic mass is 9.79. The van der Waals surface area contributed by atoms with Gasteiger partial charge in [-0.25, -0.2) is 0 Å². The number of pyridine rings is 1. The fourth-order valence-corrected chi connectivity index (χ4v) is 5.60. The Morgan fingerprint density at radius 2 is 2.05 bits per heavy atom. The van der Waals surface area contributed by atoms with Crippen LogP contribution in [0, 0.1) is 23.7 Å². The quantitative estimate of drug-likeness (QED) is 0.305. The van der Waals surface area contributed by atoms with Gasteiger partial charge in [-0.15, -0.1) is 0 Å². The number of fused-ring (bicyclic) bond motifs is 1. The molecule has 6 nitrogen and oxygen atoms in total. The lowest BCUT2D eigenvalue weighted by Gasteiger charge is -2.38. The highest BCUT2D eigenvalue weighted by Crippen LogP contribution is 2.35. The molecule has 0 unspecified atom stereocenters. The highest BCUT2D eigenvalue weighted by molar-refractivity contribution is 6.42. The van der Waals surface area contributed by atoms with Crippen molar-refractivity contribution in [1.29, 1.82) is 0 Å². The van der Waals surface area contributed by atoms with E-state index in [0.29, 0.717) is 40.9 Å². The summed E-state index contributed by atoms with van der Waals surface area (Å²) in [6.07, 6.45) is 4.17. The first-order valence-corrected chi connectivity index (χ1v) is 13.6. The molecule has 8 heteroatoms. The summed E-state index contributed by atoms with van der Waals surface area (Å²) >= 11 is 12.3. The Morgan fingerprint density at radius 3 is 2.84 bits per heavy atom. The Bertz CT molecular complexity index is 1340. The summed E-state index contributed by atoms with van der Waals surface area (Å²) in [7, 11) is 1.62. The van der Waals surface area contributed by atoms with Crippen molar-refractivity contribution >= 4 is 40.1 Å². The van der Waals surface area contributed by atoms with Gasteiger partial charge in [-0.3, -0.25) is 14.7 Å². The lowest BCUT2D eigenvalue weighted by molar-refractivity contribution is -0.137. The molecule has 3 atom stereocenters. The number of benzene rings is 2. The molecular formula is C30H32Cl2N2O4. The molecule has 200 valence electrons. The number of aliphatic carboxylic acids is 1. The van der Waals surface area contributed by atoms with Crippen LogP contribution in [0.3, 0.4) is 0 Å². The molecule has 0 bridgehead atoms. The zero-order chi connectivity index (χ0) is 27.1. The van der Waals surface area contributed by atoms with Crippen molar-refractivity contribution in [3.63, 3.8) is 0 Å². The number of likely N-dealkylation sites (tertiary alicyclic amines) is 1. The van der Waals surface area contributed by atoms with E-state index >= 15 is 0 Å². The number of carboxylic acid groups (broad SMARTS) is 1. The molecule has 3 aromatic rings. The molecule has 0 radical (unpaired) electrons. The summed E-state index contributed by atoms with van der Waals surface area (Å²) in [4.78, 5) is 18.0. The van der Waals surface area contributed by atoms with Crippen LogP contribution >= 0.6 is 23.2 Å². The number of carbonyl (C=O) groups is 1. The highest BCUT2D eigenvalue weighted by atomic mass is 35.5. The molecule has 2 aromatic carbocycles. The molecule has 1 aliphatic rings. The van der Waals surface area contributed by atoms with Gasteiger partial charge in [-0.1, -0.05) is 41.1 Å². The standard InChI is InChI=1S/C30H32Cl2N2O4/c1-38-23-9-10-27-25(18-23)24(13-15-33-27)28(35)11-7-20-14-17-34(19-22(20)8-12-29(36)37)16-3-5-21-4-2-6-26(31)30(21)32/h2,4,6,9-10,13,15,18,20,22,28,35H,7-8,11-12,14,16-17,19H2,1H3,(H,36,37)/t20-,22-,28-/m1/s1. The van der Waals surface area contributed by atoms with E-state index in [0.717, 1.165) is 48.1 Å². The molecular weight excluding hydrogens is 523 g/mol. The largest absolute Gasteiger partial charge is 0.497 e. The molecule has 1 aliphatic heterocycles. The zero-order valence-electron chi connectivity index (χ0n) is 21.4. The van der Waals surface area contributed by atoms with Crippen molar-refractivity contribution in [3.8, 4) is 17.6 Å². The predicted molar refractivity (Wildman–Crippen MR) is 151 cm³/mol. The van der Waals surface area contributed by atoms with Gasteiger partial charge >= 0.3 is 5.97 Å². The number of hydrogen-bond donors (Lipinski definition) is 2. The Morgan fingerprint density at radius 1 is 1.21 bits per heavy atom. The van der Waals surface area contributed by atoms with Crippen LogP contribution in [-0.4, -0.2) is 52.8 Å². The first-order chi connectivity index (χ1) is 18.4. The van der Waals surface area contributed by atoms with Gasteiger partial charge in [0.1, 0.15) is 5.75 Å². The van der Waals surface area contributed by atoms with Crippen molar-refractivity contribution in [3.05, 3.63) is 69.8 Å². The van der Waals surface area contributed by atoms with Gasteiger partial charge < -0.3 is 14.9 Å². The van der Waals surface area contributed by atoms with Crippen molar-refractivity contribution < 1.29 is 19.7 Å². The first-order valence-electron chi connectivity index (χ1n) is 12.8. The van der Waals surface area contributed by atoms with Gasteiger partial charge in [0.05, 0.1) is 35.3 Å². The van der Waals surface area contributed by atoms with Crippen molar-refractivity contribution in [2.75, 3.05) is 26.7 Å². The van der Waals surface area contributed by atoms with Crippen LogP contribution in [-0.2, 0) is 4.79 Å². The molecule has 1 fully saturated rings. The van der Waals surface area contributed by atoms with Crippen LogP contribution in [0.25, 0.3) is 10.9 Å². The number of methoxy groups -OCH3 is 1. The van der Waals surface area contributed by atoms with E-state index in [2.05, 4.69) is 21.7 Å². The molecule has 0 amide bonds. The number of aliphatic hydroxyl groups is 1. The van der Waals surface area contributed by atoms with Crippen LogP contribution in [0.1, 0.15) is 49.3 Å². The van der Waals surface area contributed by atoms with E-state index in [9.17, 15) is 15.0 Å². The number of carboxylic acids is 1. The van der Waals surface area contributed by atoms with Gasteiger partial charge in [0.15, 0.2) is 0 Å². The minimum absolute atomic E-state index is 0.135. The van der Waals surface area contributed by atoms with E-state index < -0.39 is 12.1 Å². The molecule has 38 heavy (non-hydrogen) atoms. The predicted octanol–water partition coefficient (Wildman–Crippen LogP) is 6.22. The average molecular weight is 556 g/mol. The molecule has 0 saturated carbocycles. The molecule has 2 N–H and O–H groups in total. The summed E-state index contributed by atoms with van der Waals surface area (Å²) in [6, 6.07) is 12.9. The van der Waals surface area contributed by atoms with E-state index in [1.54, 1.807) is 19.4 Å². The summed E-state index contributed by atoms with van der Waals surface area (Å²) in [5.74, 6) is 6.80. The Balaban J connectivity index is 1.40. The fourth-order valence-electron chi connectivity index (χ4n) is 5.25. The Hall–Kier alpha value is -2.82. The van der Waals surface area contributed by atoms with Gasteiger partial charge in [-0.05, 0) is 86.0 Å². The van der Waals surface area contributed by atoms with Crippen LogP contribution in [0.4, 0.5) is 0 Å². The molecule has 2 heterocycles. The molecule has 0 spiro atoms. The zero-order valence-corrected chi connectivity index (χ0v) is 22.9.